The van der Waals surface area contributed by atoms with Crippen LogP contribution in [0.1, 0.15) is 51.4 Å². The Morgan fingerprint density at radius 2 is 1.64 bits per heavy atom. The lowest BCUT2D eigenvalue weighted by Crippen LogP contribution is -2.28. The number of hydrogen-bond acceptors (Lipinski definition) is 1. The van der Waals surface area contributed by atoms with Crippen molar-refractivity contribution >= 4 is 0 Å². The van der Waals surface area contributed by atoms with E-state index in [1.807, 2.05) is 0 Å². The molecule has 3 rings (SSSR count). The molecule has 0 saturated heterocycles. The zero-order valence-corrected chi connectivity index (χ0v) is 8.99. The Morgan fingerprint density at radius 3 is 2.29 bits per heavy atom. The summed E-state index contributed by atoms with van der Waals surface area (Å²) >= 11 is 0. The molecule has 0 spiro atoms. The van der Waals surface area contributed by atoms with Gasteiger partial charge in [0.05, 0.1) is 6.10 Å². The van der Waals surface area contributed by atoms with Gasteiger partial charge in [-0.05, 0) is 62.2 Å². The van der Waals surface area contributed by atoms with Gasteiger partial charge in [-0.3, -0.25) is 0 Å². The third-order valence-corrected chi connectivity index (χ3v) is 5.09. The average molecular weight is 194 g/mol. The average Bonchev–Trinajstić information content (AvgIpc) is 2.78. The highest BCUT2D eigenvalue weighted by molar-refractivity contribution is 4.94. The van der Waals surface area contributed by atoms with Crippen molar-refractivity contribution in [2.75, 3.05) is 0 Å². The minimum atomic E-state index is 0.0351. The Morgan fingerprint density at radius 1 is 0.786 bits per heavy atom. The van der Waals surface area contributed by atoms with Crippen molar-refractivity contribution in [3.63, 3.8) is 0 Å². The predicted octanol–water partition coefficient (Wildman–Crippen LogP) is 2.97. The Labute approximate surface area is 86.9 Å². The molecule has 80 valence electrons. The van der Waals surface area contributed by atoms with E-state index < -0.39 is 0 Å². The van der Waals surface area contributed by atoms with E-state index in [0.29, 0.717) is 0 Å². The van der Waals surface area contributed by atoms with E-state index in [4.69, 9.17) is 0 Å². The summed E-state index contributed by atoms with van der Waals surface area (Å²) in [5.74, 6) is 4.01. The highest BCUT2D eigenvalue weighted by atomic mass is 16.3. The molecule has 5 atom stereocenters. The number of fused-ring (bicyclic) bond motifs is 2. The first-order valence-electron chi connectivity index (χ1n) is 6.51. The van der Waals surface area contributed by atoms with E-state index >= 15 is 0 Å². The van der Waals surface area contributed by atoms with Gasteiger partial charge in [0.1, 0.15) is 0 Å². The van der Waals surface area contributed by atoms with Gasteiger partial charge in [-0.1, -0.05) is 12.8 Å². The van der Waals surface area contributed by atoms with Gasteiger partial charge in [-0.25, -0.2) is 0 Å². The number of hydrogen-bond donors (Lipinski definition) is 1. The second-order valence-corrected chi connectivity index (χ2v) is 5.92. The molecule has 0 aromatic rings. The van der Waals surface area contributed by atoms with E-state index in [-0.39, 0.29) is 6.10 Å². The summed E-state index contributed by atoms with van der Waals surface area (Å²) in [5.41, 5.74) is 0. The van der Waals surface area contributed by atoms with E-state index in [1.165, 1.54) is 38.5 Å². The van der Waals surface area contributed by atoms with Crippen molar-refractivity contribution in [1.29, 1.82) is 0 Å². The van der Waals surface area contributed by atoms with Crippen molar-refractivity contribution in [3.8, 4) is 0 Å². The molecule has 0 amide bonds. The highest BCUT2D eigenvalue weighted by Gasteiger charge is 2.43. The molecule has 14 heavy (non-hydrogen) atoms. The van der Waals surface area contributed by atoms with Gasteiger partial charge >= 0.3 is 0 Å². The standard InChI is InChI=1S/C13H22O/c14-12-3-1-2-10(8-12)13-7-9-4-5-11(13)6-9/h9-14H,1-8H2/t9-,10+,11-,12+,13+/m1/s1. The molecule has 1 nitrogen and oxygen atoms in total. The van der Waals surface area contributed by atoms with Crippen LogP contribution in [0.5, 0.6) is 0 Å². The van der Waals surface area contributed by atoms with Crippen LogP contribution in [0.3, 0.4) is 0 Å². The third kappa shape index (κ3) is 1.50. The first kappa shape index (κ1) is 9.21. The molecule has 1 heteroatoms. The van der Waals surface area contributed by atoms with Gasteiger partial charge in [0.25, 0.3) is 0 Å². The molecule has 0 aromatic carbocycles. The molecule has 3 fully saturated rings. The molecule has 0 radical (unpaired) electrons. The lowest BCUT2D eigenvalue weighted by molar-refractivity contribution is 0.0650. The van der Waals surface area contributed by atoms with Crippen LogP contribution < -0.4 is 0 Å². The molecular formula is C13H22O. The maximum atomic E-state index is 9.71. The Bertz CT molecular complexity index is 213. The quantitative estimate of drug-likeness (QED) is 0.680. The molecule has 3 aliphatic rings. The van der Waals surface area contributed by atoms with Gasteiger partial charge in [-0.15, -0.1) is 0 Å². The van der Waals surface area contributed by atoms with Crippen LogP contribution in [0.25, 0.3) is 0 Å². The van der Waals surface area contributed by atoms with Crippen LogP contribution >= 0.6 is 0 Å². The first-order valence-corrected chi connectivity index (χ1v) is 6.51. The van der Waals surface area contributed by atoms with Gasteiger partial charge in [-0.2, -0.15) is 0 Å². The summed E-state index contributed by atoms with van der Waals surface area (Å²) in [7, 11) is 0. The molecule has 0 heterocycles. The fourth-order valence-electron chi connectivity index (χ4n) is 4.46. The minimum Gasteiger partial charge on any atom is -0.393 e. The SMILES string of the molecule is O[C@H]1CCC[C@H]([C@@H]2C[C@@H]3CC[C@@H]2C3)C1. The van der Waals surface area contributed by atoms with Gasteiger partial charge in [0.15, 0.2) is 0 Å². The van der Waals surface area contributed by atoms with Crippen LogP contribution in [0.4, 0.5) is 0 Å². The van der Waals surface area contributed by atoms with Gasteiger partial charge < -0.3 is 5.11 Å². The van der Waals surface area contributed by atoms with Crippen molar-refractivity contribution in [1.82, 2.24) is 0 Å². The molecule has 1 N–H and O–H groups in total. The number of aliphatic hydroxyl groups excluding tert-OH is 1. The van der Waals surface area contributed by atoms with Crippen molar-refractivity contribution in [2.24, 2.45) is 23.7 Å². The molecule has 3 aliphatic carbocycles. The lowest BCUT2D eigenvalue weighted by Gasteiger charge is -2.35. The van der Waals surface area contributed by atoms with Gasteiger partial charge in [0, 0.05) is 0 Å². The highest BCUT2D eigenvalue weighted by Crippen LogP contribution is 2.53. The fourth-order valence-corrected chi connectivity index (χ4v) is 4.46. The summed E-state index contributed by atoms with van der Waals surface area (Å²) < 4.78 is 0. The second-order valence-electron chi connectivity index (χ2n) is 5.92. The van der Waals surface area contributed by atoms with Crippen molar-refractivity contribution in [2.45, 2.75) is 57.5 Å². The molecule has 0 unspecified atom stereocenters. The minimum absolute atomic E-state index is 0.0351. The zero-order valence-electron chi connectivity index (χ0n) is 8.99. The van der Waals surface area contributed by atoms with Crippen LogP contribution in [0.15, 0.2) is 0 Å². The Balaban J connectivity index is 1.65. The van der Waals surface area contributed by atoms with Crippen LogP contribution in [-0.2, 0) is 0 Å². The largest absolute Gasteiger partial charge is 0.393 e. The van der Waals surface area contributed by atoms with Crippen molar-refractivity contribution in [3.05, 3.63) is 0 Å². The summed E-state index contributed by atoms with van der Waals surface area (Å²) in [6.07, 6.45) is 10.9. The smallest absolute Gasteiger partial charge is 0.0543 e. The van der Waals surface area contributed by atoms with Crippen LogP contribution in [0, 0.1) is 23.7 Å². The maximum Gasteiger partial charge on any atom is 0.0543 e. The molecular weight excluding hydrogens is 172 g/mol. The van der Waals surface area contributed by atoms with Crippen LogP contribution in [-0.4, -0.2) is 11.2 Å². The summed E-state index contributed by atoms with van der Waals surface area (Å²) in [6.45, 7) is 0. The normalized spacial score (nSPS) is 52.5. The maximum absolute atomic E-state index is 9.71. The molecule has 0 aliphatic heterocycles. The number of rotatable bonds is 1. The second kappa shape index (κ2) is 3.52. The summed E-state index contributed by atoms with van der Waals surface area (Å²) in [5, 5.41) is 9.71. The van der Waals surface area contributed by atoms with Crippen LogP contribution in [0.2, 0.25) is 0 Å². The third-order valence-electron chi connectivity index (χ3n) is 5.09. The molecule has 0 aromatic heterocycles. The Hall–Kier alpha value is -0.0400. The Kier molecular flexibility index (Phi) is 2.31. The molecule has 2 bridgehead atoms. The van der Waals surface area contributed by atoms with E-state index in [0.717, 1.165) is 36.5 Å². The summed E-state index contributed by atoms with van der Waals surface area (Å²) in [4.78, 5) is 0. The zero-order chi connectivity index (χ0) is 9.54. The monoisotopic (exact) mass is 194 g/mol. The van der Waals surface area contributed by atoms with E-state index in [9.17, 15) is 5.11 Å². The predicted molar refractivity (Wildman–Crippen MR) is 56.9 cm³/mol. The van der Waals surface area contributed by atoms with E-state index in [1.54, 1.807) is 0 Å². The molecule has 3 saturated carbocycles. The van der Waals surface area contributed by atoms with E-state index in [2.05, 4.69) is 0 Å². The first-order chi connectivity index (χ1) is 6.83. The number of aliphatic hydroxyl groups is 1. The van der Waals surface area contributed by atoms with Crippen molar-refractivity contribution < 1.29 is 5.11 Å². The van der Waals surface area contributed by atoms with Gasteiger partial charge in [0.2, 0.25) is 0 Å². The summed E-state index contributed by atoms with van der Waals surface area (Å²) in [6, 6.07) is 0. The topological polar surface area (TPSA) is 20.2 Å². The fraction of sp³-hybridized carbons (Fsp3) is 1.00. The lowest BCUT2D eigenvalue weighted by atomic mass is 9.72.